The molecule has 17 heavy (non-hydrogen) atoms. The molecule has 0 spiro atoms. The lowest BCUT2D eigenvalue weighted by Crippen LogP contribution is -2.12. The van der Waals surface area contributed by atoms with Crippen molar-refractivity contribution in [3.05, 3.63) is 30.4 Å². The van der Waals surface area contributed by atoms with Gasteiger partial charge in [-0.25, -0.2) is 9.97 Å². The second-order valence-corrected chi connectivity index (χ2v) is 3.52. The van der Waals surface area contributed by atoms with E-state index >= 15 is 0 Å². The normalized spacial score (nSPS) is 9.71. The molecule has 0 unspecified atom stereocenters. The lowest BCUT2D eigenvalue weighted by Gasteiger charge is -2.17. The van der Waals surface area contributed by atoms with Crippen LogP contribution in [0.25, 0.3) is 0 Å². The van der Waals surface area contributed by atoms with Crippen molar-refractivity contribution < 1.29 is 0 Å². The highest BCUT2D eigenvalue weighted by Gasteiger charge is 2.08. The zero-order valence-corrected chi connectivity index (χ0v) is 9.60. The van der Waals surface area contributed by atoms with Gasteiger partial charge in [0.05, 0.1) is 5.69 Å². The summed E-state index contributed by atoms with van der Waals surface area (Å²) in [5.74, 6) is 1.84. The number of aryl methyl sites for hydroxylation is 1. The van der Waals surface area contributed by atoms with E-state index in [1.807, 2.05) is 36.6 Å². The molecule has 2 rings (SSSR count). The van der Waals surface area contributed by atoms with E-state index in [1.54, 1.807) is 13.0 Å². The lowest BCUT2D eigenvalue weighted by atomic mass is 10.4. The van der Waals surface area contributed by atoms with Crippen LogP contribution in [0.3, 0.4) is 0 Å². The molecule has 0 saturated carbocycles. The van der Waals surface area contributed by atoms with Crippen molar-refractivity contribution in [3.8, 4) is 6.19 Å². The molecule has 0 aromatic carbocycles. The van der Waals surface area contributed by atoms with Crippen molar-refractivity contribution in [1.82, 2.24) is 15.0 Å². The molecule has 0 aliphatic carbocycles. The zero-order chi connectivity index (χ0) is 12.3. The molecule has 0 fully saturated rings. The van der Waals surface area contributed by atoms with E-state index in [0.29, 0.717) is 11.6 Å². The van der Waals surface area contributed by atoms with Crippen LogP contribution in [0.4, 0.5) is 17.3 Å². The van der Waals surface area contributed by atoms with Crippen molar-refractivity contribution in [2.75, 3.05) is 17.3 Å². The fourth-order valence-electron chi connectivity index (χ4n) is 1.50. The van der Waals surface area contributed by atoms with Gasteiger partial charge >= 0.3 is 0 Å². The molecule has 2 aromatic heterocycles. The minimum absolute atomic E-state index is 0.498. The van der Waals surface area contributed by atoms with E-state index in [-0.39, 0.29) is 0 Å². The second-order valence-electron chi connectivity index (χ2n) is 3.52. The summed E-state index contributed by atoms with van der Waals surface area (Å²) in [6.45, 7) is 1.79. The molecule has 6 nitrogen and oxygen atoms in total. The van der Waals surface area contributed by atoms with E-state index in [0.717, 1.165) is 11.5 Å². The summed E-state index contributed by atoms with van der Waals surface area (Å²) in [7, 11) is 1.90. The van der Waals surface area contributed by atoms with Gasteiger partial charge in [-0.2, -0.15) is 5.26 Å². The predicted molar refractivity (Wildman–Crippen MR) is 64.9 cm³/mol. The predicted octanol–water partition coefficient (Wildman–Crippen LogP) is 1.77. The average molecular weight is 228 g/mol. The number of aromatic nitrogens is 3. The number of nitriles is 1. The zero-order valence-electron chi connectivity index (χ0n) is 9.60. The molecule has 86 valence electrons. The summed E-state index contributed by atoms with van der Waals surface area (Å²) in [4.78, 5) is 13.3. The van der Waals surface area contributed by atoms with Gasteiger partial charge in [-0.15, -0.1) is 0 Å². The summed E-state index contributed by atoms with van der Waals surface area (Å²) >= 11 is 0. The van der Waals surface area contributed by atoms with Crippen LogP contribution in [-0.4, -0.2) is 22.0 Å². The summed E-state index contributed by atoms with van der Waals surface area (Å²) in [6, 6.07) is 3.66. The quantitative estimate of drug-likeness (QED) is 0.618. The maximum Gasteiger partial charge on any atom is 0.182 e. The number of rotatable bonds is 3. The molecule has 0 radical (unpaired) electrons. The number of nitrogens with one attached hydrogen (secondary N) is 2. The standard InChI is InChI=1S/C11H12N6/c1-8-15-10(14-7-12)5-11(16-8)17(2)9-3-4-13-6-9/h3-6,13H,1-2H3,(H,14,15,16). The molecule has 0 bridgehead atoms. The average Bonchev–Trinajstić information content (AvgIpc) is 2.81. The molecule has 0 atom stereocenters. The molecule has 2 N–H and O–H groups in total. The largest absolute Gasteiger partial charge is 0.366 e. The number of hydrogen-bond acceptors (Lipinski definition) is 5. The molecular formula is C11H12N6. The molecule has 0 aliphatic heterocycles. The van der Waals surface area contributed by atoms with E-state index < -0.39 is 0 Å². The monoisotopic (exact) mass is 228 g/mol. The summed E-state index contributed by atoms with van der Waals surface area (Å²) < 4.78 is 0. The van der Waals surface area contributed by atoms with Gasteiger partial charge < -0.3 is 9.88 Å². The highest BCUT2D eigenvalue weighted by atomic mass is 15.2. The van der Waals surface area contributed by atoms with E-state index in [2.05, 4.69) is 20.3 Å². The van der Waals surface area contributed by atoms with Crippen molar-refractivity contribution in [2.24, 2.45) is 0 Å². The highest BCUT2D eigenvalue weighted by molar-refractivity contribution is 5.61. The molecule has 2 aromatic rings. The van der Waals surface area contributed by atoms with Crippen LogP contribution in [0, 0.1) is 18.4 Å². The second kappa shape index (κ2) is 4.53. The SMILES string of the molecule is Cc1nc(NC#N)cc(N(C)c2cc[nH]c2)n1. The van der Waals surface area contributed by atoms with Gasteiger partial charge in [0, 0.05) is 25.5 Å². The molecule has 0 saturated heterocycles. The first-order chi connectivity index (χ1) is 8.20. The Kier molecular flexibility index (Phi) is 2.92. The number of hydrogen-bond donors (Lipinski definition) is 2. The Morgan fingerprint density at radius 3 is 2.94 bits per heavy atom. The summed E-state index contributed by atoms with van der Waals surface area (Å²) in [5.41, 5.74) is 0.992. The van der Waals surface area contributed by atoms with Crippen LogP contribution >= 0.6 is 0 Å². The third-order valence-corrected chi connectivity index (χ3v) is 2.32. The Hall–Kier alpha value is -2.55. The third-order valence-electron chi connectivity index (χ3n) is 2.32. The Balaban J connectivity index is 2.35. The molecule has 0 amide bonds. The van der Waals surface area contributed by atoms with Gasteiger partial charge in [0.15, 0.2) is 6.19 Å². The summed E-state index contributed by atoms with van der Waals surface area (Å²) in [5, 5.41) is 11.1. The smallest absolute Gasteiger partial charge is 0.182 e. The number of H-pyrrole nitrogens is 1. The Morgan fingerprint density at radius 2 is 2.29 bits per heavy atom. The van der Waals surface area contributed by atoms with Crippen LogP contribution in [0.15, 0.2) is 24.5 Å². The molecular weight excluding hydrogens is 216 g/mol. The van der Waals surface area contributed by atoms with E-state index in [1.165, 1.54) is 0 Å². The minimum atomic E-state index is 0.498. The fourth-order valence-corrected chi connectivity index (χ4v) is 1.50. The van der Waals surface area contributed by atoms with E-state index in [9.17, 15) is 0 Å². The van der Waals surface area contributed by atoms with Crippen LogP contribution < -0.4 is 10.2 Å². The van der Waals surface area contributed by atoms with Crippen LogP contribution in [0.5, 0.6) is 0 Å². The van der Waals surface area contributed by atoms with Gasteiger partial charge in [0.2, 0.25) is 0 Å². The maximum absolute atomic E-state index is 8.58. The van der Waals surface area contributed by atoms with Crippen molar-refractivity contribution in [3.63, 3.8) is 0 Å². The Labute approximate surface area is 98.9 Å². The van der Waals surface area contributed by atoms with Crippen molar-refractivity contribution in [2.45, 2.75) is 6.92 Å². The first-order valence-electron chi connectivity index (χ1n) is 5.08. The molecule has 0 aliphatic rings. The van der Waals surface area contributed by atoms with Crippen LogP contribution in [-0.2, 0) is 0 Å². The lowest BCUT2D eigenvalue weighted by molar-refractivity contribution is 1.02. The first kappa shape index (κ1) is 11.0. The number of aromatic amines is 1. The topological polar surface area (TPSA) is 80.6 Å². The van der Waals surface area contributed by atoms with Gasteiger partial charge in [0.25, 0.3) is 0 Å². The minimum Gasteiger partial charge on any atom is -0.366 e. The fraction of sp³-hybridized carbons (Fsp3) is 0.182. The number of anilines is 3. The van der Waals surface area contributed by atoms with Gasteiger partial charge in [-0.1, -0.05) is 0 Å². The maximum atomic E-state index is 8.58. The van der Waals surface area contributed by atoms with Crippen molar-refractivity contribution >= 4 is 17.3 Å². The highest BCUT2D eigenvalue weighted by Crippen LogP contribution is 2.22. The van der Waals surface area contributed by atoms with Gasteiger partial charge in [-0.3, -0.25) is 5.32 Å². The van der Waals surface area contributed by atoms with Crippen LogP contribution in [0.1, 0.15) is 5.82 Å². The van der Waals surface area contributed by atoms with Gasteiger partial charge in [-0.05, 0) is 13.0 Å². The molecule has 6 heteroatoms. The molecule has 2 heterocycles. The Bertz CT molecular complexity index is 540. The van der Waals surface area contributed by atoms with Crippen LogP contribution in [0.2, 0.25) is 0 Å². The third kappa shape index (κ3) is 2.34. The van der Waals surface area contributed by atoms with Crippen molar-refractivity contribution in [1.29, 1.82) is 5.26 Å². The van der Waals surface area contributed by atoms with E-state index in [4.69, 9.17) is 5.26 Å². The number of nitrogens with zero attached hydrogens (tertiary/aromatic N) is 4. The first-order valence-corrected chi connectivity index (χ1v) is 5.08. The Morgan fingerprint density at radius 1 is 1.47 bits per heavy atom. The summed E-state index contributed by atoms with van der Waals surface area (Å²) in [6.07, 6.45) is 5.56. The van der Waals surface area contributed by atoms with Gasteiger partial charge in [0.1, 0.15) is 17.5 Å².